The normalized spacial score (nSPS) is 16.9. The maximum absolute atomic E-state index is 13.3. The van der Waals surface area contributed by atoms with Crippen molar-refractivity contribution >= 4 is 21.6 Å². The molecule has 1 N–H and O–H groups in total. The molecule has 0 unspecified atom stereocenters. The summed E-state index contributed by atoms with van der Waals surface area (Å²) in [6, 6.07) is 9.09. The molecule has 0 saturated carbocycles. The van der Waals surface area contributed by atoms with Gasteiger partial charge in [-0.1, -0.05) is 6.07 Å². The van der Waals surface area contributed by atoms with Gasteiger partial charge in [0.05, 0.1) is 31.9 Å². The van der Waals surface area contributed by atoms with E-state index in [0.29, 0.717) is 41.3 Å². The molecule has 2 aromatic carbocycles. The number of sulfonamides is 1. The van der Waals surface area contributed by atoms with Gasteiger partial charge in [0.15, 0.2) is 0 Å². The fourth-order valence-electron chi connectivity index (χ4n) is 3.52. The van der Waals surface area contributed by atoms with E-state index in [1.165, 1.54) is 31.7 Å². The fourth-order valence-corrected chi connectivity index (χ4v) is 5.42. The molecule has 9 heteroatoms. The second-order valence-electron chi connectivity index (χ2n) is 6.96. The van der Waals surface area contributed by atoms with Gasteiger partial charge in [-0.3, -0.25) is 4.79 Å². The van der Waals surface area contributed by atoms with Crippen molar-refractivity contribution in [1.82, 2.24) is 4.31 Å². The van der Waals surface area contributed by atoms with Crippen LogP contribution in [0.2, 0.25) is 0 Å². The standard InChI is InChI=1S/C21H26N2O6S/c1-14-7-8-16(28-3)13-20(14)30(25,26)23-11-5-6-18(23)21(24)22-17-10-9-15(27-2)12-19(17)29-4/h7-10,12-13,18H,5-6,11H2,1-4H3,(H,22,24)/t18-/m0/s1. The molecule has 0 bridgehead atoms. The van der Waals surface area contributed by atoms with Crippen molar-refractivity contribution in [3.63, 3.8) is 0 Å². The SMILES string of the molecule is COc1ccc(NC(=O)[C@@H]2CCCN2S(=O)(=O)c2cc(OC)ccc2C)c(OC)c1. The van der Waals surface area contributed by atoms with Crippen molar-refractivity contribution in [2.24, 2.45) is 0 Å². The lowest BCUT2D eigenvalue weighted by atomic mass is 10.2. The number of ether oxygens (including phenoxy) is 3. The molecule has 1 saturated heterocycles. The first-order chi connectivity index (χ1) is 14.3. The minimum Gasteiger partial charge on any atom is -0.497 e. The van der Waals surface area contributed by atoms with Crippen molar-refractivity contribution in [3.05, 3.63) is 42.0 Å². The molecule has 1 fully saturated rings. The highest BCUT2D eigenvalue weighted by molar-refractivity contribution is 7.89. The van der Waals surface area contributed by atoms with Crippen LogP contribution in [0.15, 0.2) is 41.3 Å². The van der Waals surface area contributed by atoms with Gasteiger partial charge in [0.25, 0.3) is 0 Å². The van der Waals surface area contributed by atoms with Gasteiger partial charge in [0.1, 0.15) is 23.3 Å². The number of aryl methyl sites for hydroxylation is 1. The second kappa shape index (κ2) is 8.93. The Morgan fingerprint density at radius 2 is 1.70 bits per heavy atom. The summed E-state index contributed by atoms with van der Waals surface area (Å²) in [5.74, 6) is 1.06. The van der Waals surface area contributed by atoms with Gasteiger partial charge in [-0.25, -0.2) is 8.42 Å². The zero-order chi connectivity index (χ0) is 21.9. The Morgan fingerprint density at radius 3 is 2.37 bits per heavy atom. The van der Waals surface area contributed by atoms with E-state index in [4.69, 9.17) is 14.2 Å². The zero-order valence-electron chi connectivity index (χ0n) is 17.5. The summed E-state index contributed by atoms with van der Waals surface area (Å²) < 4.78 is 43.6. The molecule has 0 radical (unpaired) electrons. The van der Waals surface area contributed by atoms with Crippen molar-refractivity contribution < 1.29 is 27.4 Å². The Labute approximate surface area is 176 Å². The Hall–Kier alpha value is -2.78. The molecule has 1 aliphatic heterocycles. The average molecular weight is 435 g/mol. The van der Waals surface area contributed by atoms with Crippen LogP contribution in [0.25, 0.3) is 0 Å². The van der Waals surface area contributed by atoms with E-state index in [0.717, 1.165) is 0 Å². The highest BCUT2D eigenvalue weighted by atomic mass is 32.2. The Morgan fingerprint density at radius 1 is 1.03 bits per heavy atom. The van der Waals surface area contributed by atoms with Gasteiger partial charge in [0, 0.05) is 18.7 Å². The first kappa shape index (κ1) is 21.9. The maximum atomic E-state index is 13.3. The van der Waals surface area contributed by atoms with Crippen LogP contribution in [0.5, 0.6) is 17.2 Å². The third kappa shape index (κ3) is 4.22. The molecular formula is C21H26N2O6S. The zero-order valence-corrected chi connectivity index (χ0v) is 18.3. The molecule has 8 nitrogen and oxygen atoms in total. The highest BCUT2D eigenvalue weighted by Crippen LogP contribution is 2.33. The molecule has 3 rings (SSSR count). The minimum atomic E-state index is -3.87. The predicted molar refractivity (Wildman–Crippen MR) is 113 cm³/mol. The fraction of sp³-hybridized carbons (Fsp3) is 0.381. The van der Waals surface area contributed by atoms with Crippen LogP contribution in [-0.2, 0) is 14.8 Å². The van der Waals surface area contributed by atoms with E-state index >= 15 is 0 Å². The quantitative estimate of drug-likeness (QED) is 0.720. The number of carbonyl (C=O) groups is 1. The largest absolute Gasteiger partial charge is 0.497 e. The van der Waals surface area contributed by atoms with Crippen LogP contribution in [0.1, 0.15) is 18.4 Å². The van der Waals surface area contributed by atoms with E-state index in [1.54, 1.807) is 37.3 Å². The molecule has 1 amide bonds. The van der Waals surface area contributed by atoms with Gasteiger partial charge in [0.2, 0.25) is 15.9 Å². The Kier molecular flexibility index (Phi) is 6.52. The first-order valence-electron chi connectivity index (χ1n) is 9.51. The van der Waals surface area contributed by atoms with Crippen LogP contribution < -0.4 is 19.5 Å². The topological polar surface area (TPSA) is 94.2 Å². The summed E-state index contributed by atoms with van der Waals surface area (Å²) in [5, 5.41) is 2.80. The van der Waals surface area contributed by atoms with E-state index in [2.05, 4.69) is 5.32 Å². The van der Waals surface area contributed by atoms with E-state index in [9.17, 15) is 13.2 Å². The number of rotatable bonds is 7. The molecule has 0 aromatic heterocycles. The van der Waals surface area contributed by atoms with E-state index in [1.807, 2.05) is 0 Å². The number of methoxy groups -OCH3 is 3. The van der Waals surface area contributed by atoms with Crippen LogP contribution in [0.4, 0.5) is 5.69 Å². The number of nitrogens with zero attached hydrogens (tertiary/aromatic N) is 1. The summed E-state index contributed by atoms with van der Waals surface area (Å²) in [7, 11) is 0.633. The molecule has 1 aliphatic rings. The number of nitrogens with one attached hydrogen (secondary N) is 1. The van der Waals surface area contributed by atoms with Crippen LogP contribution in [0, 0.1) is 6.92 Å². The lowest BCUT2D eigenvalue weighted by molar-refractivity contribution is -0.119. The lowest BCUT2D eigenvalue weighted by Crippen LogP contribution is -2.43. The monoisotopic (exact) mass is 434 g/mol. The third-order valence-corrected chi connectivity index (χ3v) is 7.21. The smallest absolute Gasteiger partial charge is 0.244 e. The number of carbonyl (C=O) groups excluding carboxylic acids is 1. The van der Waals surface area contributed by atoms with E-state index < -0.39 is 22.0 Å². The van der Waals surface area contributed by atoms with Gasteiger partial charge < -0.3 is 19.5 Å². The summed E-state index contributed by atoms with van der Waals surface area (Å²) in [6.45, 7) is 2.00. The Bertz CT molecular complexity index is 1040. The van der Waals surface area contributed by atoms with Crippen molar-refractivity contribution in [3.8, 4) is 17.2 Å². The van der Waals surface area contributed by atoms with Gasteiger partial charge in [-0.05, 0) is 43.5 Å². The predicted octanol–water partition coefficient (Wildman–Crippen LogP) is 2.81. The summed E-state index contributed by atoms with van der Waals surface area (Å²) in [5.41, 5.74) is 1.05. The number of benzene rings is 2. The van der Waals surface area contributed by atoms with Crippen LogP contribution >= 0.6 is 0 Å². The van der Waals surface area contributed by atoms with Gasteiger partial charge >= 0.3 is 0 Å². The second-order valence-corrected chi connectivity index (χ2v) is 8.82. The van der Waals surface area contributed by atoms with E-state index in [-0.39, 0.29) is 11.4 Å². The lowest BCUT2D eigenvalue weighted by Gasteiger charge is -2.24. The molecule has 30 heavy (non-hydrogen) atoms. The number of amides is 1. The van der Waals surface area contributed by atoms with Crippen molar-refractivity contribution in [1.29, 1.82) is 0 Å². The molecule has 162 valence electrons. The van der Waals surface area contributed by atoms with Gasteiger partial charge in [-0.15, -0.1) is 0 Å². The van der Waals surface area contributed by atoms with Crippen molar-refractivity contribution in [2.45, 2.75) is 30.7 Å². The molecular weight excluding hydrogens is 408 g/mol. The van der Waals surface area contributed by atoms with Crippen LogP contribution in [0.3, 0.4) is 0 Å². The number of hydrogen-bond donors (Lipinski definition) is 1. The molecule has 1 heterocycles. The number of anilines is 1. The molecule has 2 aromatic rings. The van der Waals surface area contributed by atoms with Gasteiger partial charge in [-0.2, -0.15) is 4.31 Å². The minimum absolute atomic E-state index is 0.142. The maximum Gasteiger partial charge on any atom is 0.244 e. The summed E-state index contributed by atoms with van der Waals surface area (Å²) in [4.78, 5) is 13.1. The highest BCUT2D eigenvalue weighted by Gasteiger charge is 2.40. The number of hydrogen-bond acceptors (Lipinski definition) is 6. The first-order valence-corrected chi connectivity index (χ1v) is 10.9. The third-order valence-electron chi connectivity index (χ3n) is 5.15. The molecule has 0 aliphatic carbocycles. The van der Waals surface area contributed by atoms with Crippen molar-refractivity contribution in [2.75, 3.05) is 33.2 Å². The van der Waals surface area contributed by atoms with Crippen LogP contribution in [-0.4, -0.2) is 52.5 Å². The summed E-state index contributed by atoms with van der Waals surface area (Å²) >= 11 is 0. The summed E-state index contributed by atoms with van der Waals surface area (Å²) in [6.07, 6.45) is 1.03. The molecule has 0 spiro atoms. The Balaban J connectivity index is 1.88. The molecule has 1 atom stereocenters. The average Bonchev–Trinajstić information content (AvgIpc) is 3.25.